The van der Waals surface area contributed by atoms with E-state index in [4.69, 9.17) is 13.8 Å². The van der Waals surface area contributed by atoms with Crippen molar-refractivity contribution in [1.82, 2.24) is 0 Å². The monoisotopic (exact) mass is 566 g/mol. The van der Waals surface area contributed by atoms with Crippen LogP contribution in [0, 0.1) is 5.92 Å². The number of phosphoric acid groups is 2. The molecule has 0 radical (unpaired) electrons. The first-order valence-corrected chi connectivity index (χ1v) is 16.9. The van der Waals surface area contributed by atoms with Crippen molar-refractivity contribution < 1.29 is 56.7 Å². The molecule has 2 aliphatic rings. The first kappa shape index (κ1) is 31.5. The van der Waals surface area contributed by atoms with E-state index in [1.165, 1.54) is 34.1 Å². The van der Waals surface area contributed by atoms with E-state index < -0.39 is 52.5 Å². The third-order valence-electron chi connectivity index (χ3n) is 7.37. The summed E-state index contributed by atoms with van der Waals surface area (Å²) in [7, 11) is -15.4. The summed E-state index contributed by atoms with van der Waals surface area (Å²) in [5.41, 5.74) is 0. The average molecular weight is 566 g/mol. The quantitative estimate of drug-likeness (QED) is 0.178. The molecule has 1 aliphatic carbocycles. The highest BCUT2D eigenvalue weighted by Crippen LogP contribution is 2.73. The first-order chi connectivity index (χ1) is 16.1. The first-order valence-electron chi connectivity index (χ1n) is 12.2. The zero-order valence-electron chi connectivity index (χ0n) is 20.8. The van der Waals surface area contributed by atoms with Crippen molar-refractivity contribution in [3.63, 3.8) is 0 Å². The molecule has 2 fully saturated rings. The lowest BCUT2D eigenvalue weighted by Gasteiger charge is -2.43. The Labute approximate surface area is 207 Å². The molecule has 1 heterocycles. The van der Waals surface area contributed by atoms with Gasteiger partial charge in [-0.05, 0) is 38.0 Å². The van der Waals surface area contributed by atoms with Crippen LogP contribution in [-0.2, 0) is 31.8 Å². The third-order valence-corrected chi connectivity index (χ3v) is 13.8. The minimum atomic E-state index is -5.44. The predicted molar refractivity (Wildman–Crippen MR) is 128 cm³/mol. The number of hydrogen-bond donors (Lipinski definition) is 5. The third kappa shape index (κ3) is 7.25. The fourth-order valence-corrected chi connectivity index (χ4v) is 10.3. The molecular weight excluding hydrogens is 525 g/mol. The van der Waals surface area contributed by atoms with Crippen molar-refractivity contribution in [3.8, 4) is 0 Å². The van der Waals surface area contributed by atoms with E-state index in [0.29, 0.717) is 12.3 Å². The van der Waals surface area contributed by atoms with E-state index in [2.05, 4.69) is 4.31 Å². The van der Waals surface area contributed by atoms with Crippen molar-refractivity contribution in [2.24, 2.45) is 5.92 Å². The van der Waals surface area contributed by atoms with Crippen LogP contribution in [0.3, 0.4) is 0 Å². The highest BCUT2D eigenvalue weighted by molar-refractivity contribution is 7.63. The maximum absolute atomic E-state index is 13.4. The zero-order valence-corrected chi connectivity index (χ0v) is 23.5. The fraction of sp³-hybridized carbons (Fsp3) is 1.00. The molecule has 6 atom stereocenters. The van der Waals surface area contributed by atoms with E-state index in [1.807, 2.05) is 0 Å². The highest BCUT2D eigenvalue weighted by atomic mass is 31.3. The molecule has 1 aliphatic heterocycles. The second-order valence-electron chi connectivity index (χ2n) is 9.46. The van der Waals surface area contributed by atoms with Crippen LogP contribution in [0.2, 0.25) is 0 Å². The lowest BCUT2D eigenvalue weighted by molar-refractivity contribution is -0.0305. The number of phosphoric ester groups is 2. The van der Waals surface area contributed by atoms with Gasteiger partial charge >= 0.3 is 15.6 Å². The molecule has 1 saturated carbocycles. The molecular formula is C20H41O12P3. The van der Waals surface area contributed by atoms with Crippen molar-refractivity contribution in [2.75, 3.05) is 6.61 Å². The van der Waals surface area contributed by atoms with E-state index >= 15 is 0 Å². The van der Waals surface area contributed by atoms with Crippen molar-refractivity contribution in [1.29, 1.82) is 0 Å². The van der Waals surface area contributed by atoms with Gasteiger partial charge in [0, 0.05) is 6.42 Å². The summed E-state index contributed by atoms with van der Waals surface area (Å²) >= 11 is 0. The Hall–Kier alpha value is 0.330. The Balaban J connectivity index is 2.06. The van der Waals surface area contributed by atoms with Gasteiger partial charge < -0.3 is 29.6 Å². The van der Waals surface area contributed by atoms with Crippen LogP contribution in [0.5, 0.6) is 0 Å². The van der Waals surface area contributed by atoms with E-state index in [1.54, 1.807) is 0 Å². The molecule has 0 amide bonds. The Bertz CT molecular complexity index is 839. The van der Waals surface area contributed by atoms with Crippen molar-refractivity contribution >= 4 is 23.0 Å². The molecule has 4 unspecified atom stereocenters. The highest BCUT2D eigenvalue weighted by Gasteiger charge is 2.60. The molecule has 2 rings (SSSR count). The molecule has 12 nitrogen and oxygen atoms in total. The summed E-state index contributed by atoms with van der Waals surface area (Å²) in [4.78, 5) is 31.2. The molecule has 5 N–H and O–H groups in total. The number of aliphatic hydroxyl groups is 2. The molecule has 208 valence electrons. The Kier molecular flexibility index (Phi) is 10.8. The summed E-state index contributed by atoms with van der Waals surface area (Å²) in [5.74, 6) is 0.537. The second kappa shape index (κ2) is 12.0. The largest absolute Gasteiger partial charge is 0.482 e. The van der Waals surface area contributed by atoms with Gasteiger partial charge in [-0.2, -0.15) is 4.31 Å². The normalized spacial score (nSPS) is 29.2. The summed E-state index contributed by atoms with van der Waals surface area (Å²) in [6.07, 6.45) is 1.63. The van der Waals surface area contributed by atoms with Crippen LogP contribution < -0.4 is 0 Å². The Morgan fingerprint density at radius 1 is 0.943 bits per heavy atom. The maximum atomic E-state index is 13.4. The van der Waals surface area contributed by atoms with Crippen LogP contribution in [0.25, 0.3) is 0 Å². The van der Waals surface area contributed by atoms with Gasteiger partial charge in [0.1, 0.15) is 11.4 Å². The number of ether oxygens (including phenoxy) is 1. The number of aliphatic hydroxyl groups excluding tert-OH is 1. The summed E-state index contributed by atoms with van der Waals surface area (Å²) in [6, 6.07) is 0. The average Bonchev–Trinajstić information content (AvgIpc) is 3.10. The summed E-state index contributed by atoms with van der Waals surface area (Å²) in [5, 5.41) is 16.6. The topological polar surface area (TPSA) is 189 Å². The Morgan fingerprint density at radius 2 is 1.51 bits per heavy atom. The lowest BCUT2D eigenvalue weighted by Crippen LogP contribution is -2.41. The van der Waals surface area contributed by atoms with Crippen LogP contribution >= 0.6 is 23.0 Å². The smallest absolute Gasteiger partial charge is 0.390 e. The molecule has 15 heteroatoms. The van der Waals surface area contributed by atoms with E-state index in [-0.39, 0.29) is 31.8 Å². The van der Waals surface area contributed by atoms with E-state index in [9.17, 15) is 38.6 Å². The molecule has 0 aromatic heterocycles. The number of rotatable bonds is 15. The van der Waals surface area contributed by atoms with Crippen LogP contribution in [0.1, 0.15) is 85.5 Å². The number of hydrogen-bond acceptors (Lipinski definition) is 9. The van der Waals surface area contributed by atoms with Crippen LogP contribution in [0.4, 0.5) is 0 Å². The van der Waals surface area contributed by atoms with Gasteiger partial charge in [-0.25, -0.2) is 9.13 Å². The minimum Gasteiger partial charge on any atom is -0.390 e. The molecule has 35 heavy (non-hydrogen) atoms. The van der Waals surface area contributed by atoms with Crippen LogP contribution in [0.15, 0.2) is 0 Å². The fourth-order valence-electron chi connectivity index (χ4n) is 4.69. The molecule has 1 saturated heterocycles. The SMILES string of the molecule is CCC(O)(CC)P(=O)(O)C(CC)(CC)OP(=O)(O)OP(=O)(O)OC[C@H]1O[C@@H](CC2CCC2)CC1O. The molecule has 0 bridgehead atoms. The van der Waals surface area contributed by atoms with Gasteiger partial charge in [-0.15, -0.1) is 0 Å². The lowest BCUT2D eigenvalue weighted by atomic mass is 9.81. The zero-order chi connectivity index (χ0) is 26.7. The maximum Gasteiger partial charge on any atom is 0.482 e. The molecule has 0 aromatic carbocycles. The summed E-state index contributed by atoms with van der Waals surface area (Å²) < 4.78 is 58.5. The Morgan fingerprint density at radius 3 is 1.97 bits per heavy atom. The van der Waals surface area contributed by atoms with Crippen molar-refractivity contribution in [3.05, 3.63) is 0 Å². The van der Waals surface area contributed by atoms with E-state index in [0.717, 1.165) is 19.3 Å². The van der Waals surface area contributed by atoms with Crippen LogP contribution in [-0.4, -0.2) is 60.5 Å². The second-order valence-corrected chi connectivity index (χ2v) is 15.2. The molecule has 0 spiro atoms. The van der Waals surface area contributed by atoms with Gasteiger partial charge in [0.15, 0.2) is 5.34 Å². The van der Waals surface area contributed by atoms with Gasteiger partial charge in [-0.1, -0.05) is 47.0 Å². The minimum absolute atomic E-state index is 0.133. The predicted octanol–water partition coefficient (Wildman–Crippen LogP) is 4.24. The van der Waals surface area contributed by atoms with Gasteiger partial charge in [0.25, 0.3) is 7.37 Å². The van der Waals surface area contributed by atoms with Gasteiger partial charge in [0.05, 0.1) is 18.8 Å². The van der Waals surface area contributed by atoms with Gasteiger partial charge in [0.2, 0.25) is 0 Å². The van der Waals surface area contributed by atoms with Gasteiger partial charge in [-0.3, -0.25) is 13.6 Å². The van der Waals surface area contributed by atoms with Crippen molar-refractivity contribution in [2.45, 2.75) is 114 Å². The standard InChI is InChI=1S/C20H41O12P3/c1-5-19(22,6-2)33(23,24)20(7-3,8-4)31-35(27,28)32-34(25,26)29-14-18-17(21)13-16(30-18)12-15-10-9-11-15/h15-18,21-22H,5-14H2,1-4H3,(H,23,24)(H,25,26)(H,27,28)/t16-,17?,18+/m0/s1. The molecule has 0 aromatic rings. The summed E-state index contributed by atoms with van der Waals surface area (Å²) in [6.45, 7) is 5.25.